The van der Waals surface area contributed by atoms with Gasteiger partial charge in [0.15, 0.2) is 0 Å². The summed E-state index contributed by atoms with van der Waals surface area (Å²) in [5.74, 6) is -0.103. The van der Waals surface area contributed by atoms with Crippen molar-refractivity contribution in [2.45, 2.75) is 44.1 Å². The summed E-state index contributed by atoms with van der Waals surface area (Å²) in [4.78, 5) is 40.5. The van der Waals surface area contributed by atoms with Crippen LogP contribution in [0.2, 0.25) is 0 Å². The largest absolute Gasteiger partial charge is 0.497 e. The number of ether oxygens (including phenoxy) is 3. The molecule has 0 unspecified atom stereocenters. The fraction of sp³-hybridized carbons (Fsp3) is 0.323. The Labute approximate surface area is 237 Å². The van der Waals surface area contributed by atoms with Gasteiger partial charge in [-0.25, -0.2) is 4.39 Å². The highest BCUT2D eigenvalue weighted by Crippen LogP contribution is 2.32. The van der Waals surface area contributed by atoms with Crippen LogP contribution in [0.3, 0.4) is 0 Å². The maximum atomic E-state index is 13.5. The number of carbonyl (C=O) groups excluding carboxylic acids is 3. The smallest absolute Gasteiger partial charge is 0.257 e. The Morgan fingerprint density at radius 3 is 2.66 bits per heavy atom. The number of nitrogens with one attached hydrogen (secondary N) is 2. The van der Waals surface area contributed by atoms with Crippen LogP contribution < -0.4 is 20.1 Å². The minimum atomic E-state index is -0.409. The van der Waals surface area contributed by atoms with Crippen molar-refractivity contribution in [2.24, 2.45) is 0 Å². The summed E-state index contributed by atoms with van der Waals surface area (Å²) in [6.07, 6.45) is 0.701. The summed E-state index contributed by atoms with van der Waals surface area (Å²) in [6.45, 7) is 0.509. The van der Waals surface area contributed by atoms with Gasteiger partial charge in [-0.2, -0.15) is 0 Å². The van der Waals surface area contributed by atoms with E-state index >= 15 is 0 Å². The number of hydrogen-bond donors (Lipinski definition) is 2. The van der Waals surface area contributed by atoms with Crippen LogP contribution in [-0.2, 0) is 16.1 Å². The summed E-state index contributed by atoms with van der Waals surface area (Å²) in [7, 11) is 3.26. The van der Waals surface area contributed by atoms with Gasteiger partial charge in [-0.15, -0.1) is 0 Å². The Morgan fingerprint density at radius 2 is 1.88 bits per heavy atom. The minimum Gasteiger partial charge on any atom is -0.497 e. The number of likely N-dealkylation sites (N-methyl/N-ethyl adjacent to an activating group) is 1. The Bertz CT molecular complexity index is 1430. The third-order valence-corrected chi connectivity index (χ3v) is 7.42. The fourth-order valence-corrected chi connectivity index (χ4v) is 5.15. The predicted molar refractivity (Wildman–Crippen MR) is 150 cm³/mol. The molecule has 0 radical (unpaired) electrons. The molecule has 1 fully saturated rings. The van der Waals surface area contributed by atoms with Crippen molar-refractivity contribution >= 4 is 23.4 Å². The second-order valence-electron chi connectivity index (χ2n) is 10.2. The van der Waals surface area contributed by atoms with Crippen molar-refractivity contribution in [1.82, 2.24) is 10.2 Å². The lowest BCUT2D eigenvalue weighted by atomic mass is 9.94. The fourth-order valence-electron chi connectivity index (χ4n) is 5.15. The molecule has 9 nitrogen and oxygen atoms in total. The van der Waals surface area contributed by atoms with E-state index < -0.39 is 6.10 Å². The highest BCUT2D eigenvalue weighted by molar-refractivity contribution is 6.05. The average molecular weight is 562 g/mol. The van der Waals surface area contributed by atoms with Crippen molar-refractivity contribution in [3.8, 4) is 11.5 Å². The first-order valence-corrected chi connectivity index (χ1v) is 13.5. The van der Waals surface area contributed by atoms with Crippen LogP contribution in [0.15, 0.2) is 66.7 Å². The van der Waals surface area contributed by atoms with Crippen LogP contribution >= 0.6 is 0 Å². The number of halogens is 1. The molecule has 5 rings (SSSR count). The molecular weight excluding hydrogens is 529 g/mol. The van der Waals surface area contributed by atoms with Gasteiger partial charge in [-0.3, -0.25) is 14.4 Å². The zero-order valence-corrected chi connectivity index (χ0v) is 22.9. The molecule has 3 aromatic rings. The van der Waals surface area contributed by atoms with Crippen LogP contribution in [0.25, 0.3) is 0 Å². The minimum absolute atomic E-state index is 0.164. The van der Waals surface area contributed by atoms with Crippen molar-refractivity contribution in [3.05, 3.63) is 89.2 Å². The normalized spacial score (nSPS) is 20.0. The molecule has 0 saturated carbocycles. The Hall–Kier alpha value is -4.44. The molecule has 0 aliphatic carbocycles. The summed E-state index contributed by atoms with van der Waals surface area (Å²) >= 11 is 0. The molecule has 41 heavy (non-hydrogen) atoms. The third-order valence-electron chi connectivity index (χ3n) is 7.42. The van der Waals surface area contributed by atoms with Gasteiger partial charge in [0.1, 0.15) is 30.0 Å². The first-order chi connectivity index (χ1) is 19.8. The zero-order chi connectivity index (χ0) is 28.9. The molecule has 3 aromatic carbocycles. The summed E-state index contributed by atoms with van der Waals surface area (Å²) in [5, 5.41) is 5.68. The molecule has 214 valence electrons. The SMILES string of the molecule is COc1cccc(C(=O)Nc2ccc3c(c2)C(=O)N(C)[C@H]2CC[C@H](CC(=O)NCc4ccc(F)cc4)O[C@@H]2CO3)c1. The predicted octanol–water partition coefficient (Wildman–Crippen LogP) is 4.17. The van der Waals surface area contributed by atoms with Crippen LogP contribution in [-0.4, -0.2) is 61.6 Å². The van der Waals surface area contributed by atoms with Crippen molar-refractivity contribution in [2.75, 3.05) is 26.1 Å². The van der Waals surface area contributed by atoms with Gasteiger partial charge in [0, 0.05) is 24.8 Å². The molecule has 10 heteroatoms. The van der Waals surface area contributed by atoms with Gasteiger partial charge >= 0.3 is 0 Å². The quantitative estimate of drug-likeness (QED) is 0.449. The Balaban J connectivity index is 1.21. The van der Waals surface area contributed by atoms with E-state index in [9.17, 15) is 18.8 Å². The number of rotatable bonds is 7. The number of nitrogens with zero attached hydrogens (tertiary/aromatic N) is 1. The van der Waals surface area contributed by atoms with Crippen LogP contribution in [0, 0.1) is 5.82 Å². The molecule has 2 aliphatic rings. The Kier molecular flexibility index (Phi) is 8.49. The molecule has 2 aliphatic heterocycles. The van der Waals surface area contributed by atoms with Gasteiger partial charge in [-0.1, -0.05) is 18.2 Å². The lowest BCUT2D eigenvalue weighted by molar-refractivity contribution is -0.134. The first-order valence-electron chi connectivity index (χ1n) is 13.5. The molecule has 0 aromatic heterocycles. The van der Waals surface area contributed by atoms with Crippen LogP contribution in [0.1, 0.15) is 45.5 Å². The lowest BCUT2D eigenvalue weighted by Crippen LogP contribution is -2.53. The van der Waals surface area contributed by atoms with E-state index in [1.54, 1.807) is 66.5 Å². The molecule has 0 bridgehead atoms. The second kappa shape index (κ2) is 12.4. The highest BCUT2D eigenvalue weighted by atomic mass is 19.1. The van der Waals surface area contributed by atoms with Gasteiger partial charge in [-0.05, 0) is 66.9 Å². The molecule has 3 atom stereocenters. The summed E-state index contributed by atoms with van der Waals surface area (Å²) < 4.78 is 30.6. The second-order valence-corrected chi connectivity index (χ2v) is 10.2. The van der Waals surface area contributed by atoms with E-state index in [0.29, 0.717) is 47.7 Å². The topological polar surface area (TPSA) is 106 Å². The standard InChI is InChI=1S/C31H32FN3O6/c1-35-26-12-11-24(16-29(36)33-17-19-6-8-21(32)9-7-19)41-28(26)18-40-27-13-10-22(15-25(27)31(35)38)34-30(37)20-4-3-5-23(14-20)39-2/h3-10,13-15,24,26,28H,11-12,16-18H2,1-2H3,(H,33,36)(H,34,37)/t24-,26+,28-/m1/s1. The van der Waals surface area contributed by atoms with Gasteiger partial charge < -0.3 is 29.7 Å². The van der Waals surface area contributed by atoms with Crippen LogP contribution in [0.5, 0.6) is 11.5 Å². The van der Waals surface area contributed by atoms with E-state index in [0.717, 1.165) is 5.56 Å². The summed E-state index contributed by atoms with van der Waals surface area (Å²) in [5.41, 5.74) is 2.04. The lowest BCUT2D eigenvalue weighted by Gasteiger charge is -2.42. The van der Waals surface area contributed by atoms with E-state index in [4.69, 9.17) is 14.2 Å². The van der Waals surface area contributed by atoms with Crippen molar-refractivity contribution in [3.63, 3.8) is 0 Å². The zero-order valence-electron chi connectivity index (χ0n) is 22.9. The number of benzene rings is 3. The highest BCUT2D eigenvalue weighted by Gasteiger charge is 2.39. The number of fused-ring (bicyclic) bond motifs is 2. The molecule has 2 heterocycles. The monoisotopic (exact) mass is 561 g/mol. The third kappa shape index (κ3) is 6.66. The van der Waals surface area contributed by atoms with E-state index in [-0.39, 0.29) is 48.7 Å². The maximum Gasteiger partial charge on any atom is 0.257 e. The first kappa shape index (κ1) is 28.1. The number of carbonyl (C=O) groups is 3. The molecule has 2 N–H and O–H groups in total. The van der Waals surface area contributed by atoms with Crippen LogP contribution in [0.4, 0.5) is 10.1 Å². The molecular formula is C31H32FN3O6. The number of amides is 3. The maximum absolute atomic E-state index is 13.5. The van der Waals surface area contributed by atoms with E-state index in [1.165, 1.54) is 19.2 Å². The summed E-state index contributed by atoms with van der Waals surface area (Å²) in [6, 6.07) is 17.5. The number of anilines is 1. The number of methoxy groups -OCH3 is 1. The van der Waals surface area contributed by atoms with E-state index in [2.05, 4.69) is 10.6 Å². The molecule has 1 saturated heterocycles. The van der Waals surface area contributed by atoms with Gasteiger partial charge in [0.05, 0.1) is 31.2 Å². The van der Waals surface area contributed by atoms with Crippen molar-refractivity contribution in [1.29, 1.82) is 0 Å². The average Bonchev–Trinajstić information content (AvgIpc) is 2.99. The van der Waals surface area contributed by atoms with Gasteiger partial charge in [0.25, 0.3) is 11.8 Å². The molecule has 3 amide bonds. The Morgan fingerprint density at radius 1 is 1.07 bits per heavy atom. The van der Waals surface area contributed by atoms with E-state index in [1.807, 2.05) is 0 Å². The van der Waals surface area contributed by atoms with Crippen molar-refractivity contribution < 1.29 is 33.0 Å². The number of hydrogen-bond acceptors (Lipinski definition) is 6. The molecule has 0 spiro atoms. The van der Waals surface area contributed by atoms with Gasteiger partial charge in [0.2, 0.25) is 5.91 Å².